The summed E-state index contributed by atoms with van der Waals surface area (Å²) in [6, 6.07) is 23.6. The Labute approximate surface area is 314 Å². The van der Waals surface area contributed by atoms with E-state index in [1.807, 2.05) is 105 Å². The number of urea groups is 1. The van der Waals surface area contributed by atoms with Gasteiger partial charge in [-0.15, -0.1) is 0 Å². The van der Waals surface area contributed by atoms with Gasteiger partial charge in [0, 0.05) is 19.2 Å². The average Bonchev–Trinajstić information content (AvgIpc) is 3.15. The molecule has 9 N–H and O–H groups in total. The molecule has 3 rings (SSSR count). The molecule has 3 atom stereocenters. The maximum atomic E-state index is 13.8. The minimum absolute atomic E-state index is 0.0155. The SMILES string of the molecule is CC(C)C[C@H](NC(=O)OCc1ccccc1)C(=O)N[C@@H](Cc1ccccc1)C(=O)N[C@@H](CCCN=C(N)NC(=O)OCc1ccccc1)/[13CH]=N/NC(N)=O. The number of nitrogens with one attached hydrogen (secondary N) is 5. The van der Waals surface area contributed by atoms with Gasteiger partial charge in [0.15, 0.2) is 5.96 Å². The van der Waals surface area contributed by atoms with Crippen molar-refractivity contribution in [1.29, 1.82) is 0 Å². The van der Waals surface area contributed by atoms with Crippen molar-refractivity contribution in [3.63, 3.8) is 0 Å². The summed E-state index contributed by atoms with van der Waals surface area (Å²) >= 11 is 0. The lowest BCUT2D eigenvalue weighted by Crippen LogP contribution is -2.56. The first-order valence-electron chi connectivity index (χ1n) is 17.5. The van der Waals surface area contributed by atoms with Gasteiger partial charge in [-0.05, 0) is 41.9 Å². The second-order valence-electron chi connectivity index (χ2n) is 12.6. The number of alkyl carbamates (subject to hydrolysis) is 2. The molecule has 0 fully saturated rings. The van der Waals surface area contributed by atoms with Gasteiger partial charge in [-0.25, -0.2) is 19.8 Å². The maximum Gasteiger partial charge on any atom is 0.414 e. The monoisotopic (exact) mass is 744 g/mol. The average molecular weight is 745 g/mol. The van der Waals surface area contributed by atoms with Crippen LogP contribution in [0.2, 0.25) is 0 Å². The van der Waals surface area contributed by atoms with E-state index < -0.39 is 48.2 Å². The van der Waals surface area contributed by atoms with Crippen LogP contribution in [0.15, 0.2) is 101 Å². The molecule has 0 radical (unpaired) electrons. The van der Waals surface area contributed by atoms with Gasteiger partial charge in [0.2, 0.25) is 11.8 Å². The molecule has 16 nitrogen and oxygen atoms in total. The van der Waals surface area contributed by atoms with Crippen molar-refractivity contribution in [2.45, 2.75) is 70.9 Å². The van der Waals surface area contributed by atoms with E-state index in [1.54, 1.807) is 0 Å². The van der Waals surface area contributed by atoms with E-state index in [9.17, 15) is 24.0 Å². The van der Waals surface area contributed by atoms with Crippen LogP contribution in [-0.2, 0) is 38.7 Å². The summed E-state index contributed by atoms with van der Waals surface area (Å²) in [4.78, 5) is 67.7. The number of ether oxygens (including phenoxy) is 2. The number of rotatable bonds is 19. The first-order chi connectivity index (χ1) is 26.0. The number of benzene rings is 3. The van der Waals surface area contributed by atoms with Crippen molar-refractivity contribution >= 4 is 42.2 Å². The topological polar surface area (TPSA) is 241 Å². The maximum absolute atomic E-state index is 13.8. The number of aliphatic imine (C=N–C) groups is 1. The van der Waals surface area contributed by atoms with Crippen LogP contribution in [0.4, 0.5) is 14.4 Å². The first-order valence-corrected chi connectivity index (χ1v) is 17.5. The molecule has 3 aromatic rings. The molecule has 0 spiro atoms. The molecule has 0 bridgehead atoms. The Morgan fingerprint density at radius 3 is 1.80 bits per heavy atom. The number of hydrazone groups is 1. The van der Waals surface area contributed by atoms with E-state index in [1.165, 1.54) is 6.21 Å². The lowest BCUT2D eigenvalue weighted by Gasteiger charge is -2.25. The summed E-state index contributed by atoms with van der Waals surface area (Å²) in [6.45, 7) is 4.04. The Morgan fingerprint density at radius 2 is 1.24 bits per heavy atom. The Hall–Kier alpha value is -6.45. The molecule has 0 aliphatic carbocycles. The summed E-state index contributed by atoms with van der Waals surface area (Å²) in [5.41, 5.74) is 15.5. The summed E-state index contributed by atoms with van der Waals surface area (Å²) in [5, 5.41) is 14.5. The second-order valence-corrected chi connectivity index (χ2v) is 12.6. The normalized spacial score (nSPS) is 12.9. The van der Waals surface area contributed by atoms with E-state index in [4.69, 9.17) is 20.9 Å². The highest BCUT2D eigenvalue weighted by atomic mass is 16.6. The fraction of sp³-hybridized carbons (Fsp3) is 0.342. The third-order valence-electron chi connectivity index (χ3n) is 7.60. The van der Waals surface area contributed by atoms with Crippen LogP contribution >= 0.6 is 0 Å². The van der Waals surface area contributed by atoms with E-state index in [0.29, 0.717) is 6.42 Å². The zero-order chi connectivity index (χ0) is 39.1. The molecule has 0 aliphatic heterocycles. The van der Waals surface area contributed by atoms with E-state index in [2.05, 4.69) is 36.8 Å². The van der Waals surface area contributed by atoms with E-state index >= 15 is 0 Å². The summed E-state index contributed by atoms with van der Waals surface area (Å²) in [6.07, 6.45) is 0.783. The predicted octanol–water partition coefficient (Wildman–Crippen LogP) is 3.22. The molecule has 0 aliphatic rings. The number of guanidine groups is 1. The van der Waals surface area contributed by atoms with Gasteiger partial charge in [-0.2, -0.15) is 5.10 Å². The number of carbonyl (C=O) groups is 5. The minimum atomic E-state index is -1.07. The van der Waals surface area contributed by atoms with Gasteiger partial charge in [0.05, 0.1) is 6.04 Å². The standard InChI is InChI=1S/C38H49N9O7/c1-26(2)21-31(45-37(51)53-24-28-15-8-4-9-16-28)34(49)44-32(22-27-13-6-3-7-14-27)33(48)43-30(23-42-47-36(40)50)19-12-20-41-35(39)46-38(52)54-25-29-17-10-5-11-18-29/h3-11,13-18,23,26,30-32H,12,19-22,24-25H2,1-2H3,(H,43,48)(H,44,49)(H,45,51)(H3,40,47,50)(H3,39,41,46,52)/b42-23+/t30-,31-,32-/m0/s1/i23+1. The highest BCUT2D eigenvalue weighted by Crippen LogP contribution is 2.10. The van der Waals surface area contributed by atoms with Crippen molar-refractivity contribution in [2.24, 2.45) is 27.5 Å². The minimum Gasteiger partial charge on any atom is -0.445 e. The number of nitrogens with zero attached hydrogens (tertiary/aromatic N) is 2. The Morgan fingerprint density at radius 1 is 0.704 bits per heavy atom. The van der Waals surface area contributed by atoms with Gasteiger partial charge in [-0.1, -0.05) is 105 Å². The van der Waals surface area contributed by atoms with Crippen LogP contribution in [0.5, 0.6) is 0 Å². The first kappa shape index (κ1) is 42.0. The summed E-state index contributed by atoms with van der Waals surface area (Å²) < 4.78 is 10.5. The molecule has 0 unspecified atom stereocenters. The number of amides is 6. The van der Waals surface area contributed by atoms with Gasteiger partial charge in [0.25, 0.3) is 0 Å². The van der Waals surface area contributed by atoms with Gasteiger partial charge < -0.3 is 36.9 Å². The quantitative estimate of drug-likeness (QED) is 0.0315. The predicted molar refractivity (Wildman–Crippen MR) is 204 cm³/mol. The molecule has 0 aromatic heterocycles. The molecule has 16 heteroatoms. The van der Waals surface area contributed by atoms with Gasteiger partial charge in [0.1, 0.15) is 25.3 Å². The van der Waals surface area contributed by atoms with Gasteiger partial charge >= 0.3 is 18.2 Å². The van der Waals surface area contributed by atoms with Crippen molar-refractivity contribution in [3.05, 3.63) is 108 Å². The molecule has 6 amide bonds. The number of hydrogen-bond donors (Lipinski definition) is 7. The third kappa shape index (κ3) is 17.2. The lowest BCUT2D eigenvalue weighted by molar-refractivity contribution is -0.130. The fourth-order valence-corrected chi connectivity index (χ4v) is 5.01. The lowest BCUT2D eigenvalue weighted by atomic mass is 10.0. The van der Waals surface area contributed by atoms with Crippen molar-refractivity contribution in [2.75, 3.05) is 6.54 Å². The Bertz CT molecular complexity index is 1690. The third-order valence-corrected chi connectivity index (χ3v) is 7.60. The molecular weight excluding hydrogens is 695 g/mol. The smallest absolute Gasteiger partial charge is 0.414 e. The highest BCUT2D eigenvalue weighted by Gasteiger charge is 2.29. The molecular formula is C38H49N9O7. The number of carbonyl (C=O) groups excluding carboxylic acids is 5. The zero-order valence-corrected chi connectivity index (χ0v) is 30.4. The van der Waals surface area contributed by atoms with Crippen molar-refractivity contribution in [1.82, 2.24) is 26.7 Å². The molecule has 3 aromatic carbocycles. The Balaban J connectivity index is 1.66. The molecule has 54 heavy (non-hydrogen) atoms. The molecule has 0 saturated heterocycles. The number of nitrogens with two attached hydrogens (primary N) is 2. The molecule has 0 saturated carbocycles. The van der Waals surface area contributed by atoms with Gasteiger partial charge in [-0.3, -0.25) is 19.9 Å². The second kappa shape index (κ2) is 23.2. The summed E-state index contributed by atoms with van der Waals surface area (Å²) in [7, 11) is 0. The van der Waals surface area contributed by atoms with Crippen LogP contribution < -0.4 is 38.2 Å². The van der Waals surface area contributed by atoms with Crippen LogP contribution in [0.3, 0.4) is 0 Å². The number of hydrogen-bond acceptors (Lipinski definition) is 9. The molecule has 288 valence electrons. The van der Waals surface area contributed by atoms with E-state index in [0.717, 1.165) is 16.7 Å². The Kier molecular flexibility index (Phi) is 18.0. The highest BCUT2D eigenvalue weighted by molar-refractivity contribution is 5.93. The van der Waals surface area contributed by atoms with Crippen LogP contribution in [-0.4, -0.2) is 66.9 Å². The van der Waals surface area contributed by atoms with Crippen LogP contribution in [0.25, 0.3) is 0 Å². The van der Waals surface area contributed by atoms with Crippen molar-refractivity contribution in [3.8, 4) is 0 Å². The largest absolute Gasteiger partial charge is 0.445 e. The van der Waals surface area contributed by atoms with Crippen LogP contribution in [0.1, 0.15) is 49.8 Å². The number of primary amides is 1. The van der Waals surface area contributed by atoms with E-state index in [-0.39, 0.29) is 50.9 Å². The summed E-state index contributed by atoms with van der Waals surface area (Å²) in [5.74, 6) is -1.27. The van der Waals surface area contributed by atoms with Crippen LogP contribution in [0, 0.1) is 5.92 Å². The van der Waals surface area contributed by atoms with Crippen molar-refractivity contribution < 1.29 is 33.4 Å². The molecule has 0 heterocycles. The zero-order valence-electron chi connectivity index (χ0n) is 30.4. The fourth-order valence-electron chi connectivity index (χ4n) is 5.01.